The maximum atomic E-state index is 12.7. The molecule has 1 atom stereocenters. The molecule has 2 heterocycles. The van der Waals surface area contributed by atoms with E-state index in [-0.39, 0.29) is 12.5 Å². The van der Waals surface area contributed by atoms with Crippen molar-refractivity contribution in [3.8, 4) is 11.5 Å². The molecule has 0 radical (unpaired) electrons. The quantitative estimate of drug-likeness (QED) is 0.801. The van der Waals surface area contributed by atoms with Crippen molar-refractivity contribution in [3.05, 3.63) is 36.4 Å². The first-order chi connectivity index (χ1) is 13.1. The number of piperazine rings is 1. The number of hydrogen-bond acceptors (Lipinski definition) is 5. The summed E-state index contributed by atoms with van der Waals surface area (Å²) in [6.45, 7) is 3.99. The highest BCUT2D eigenvalue weighted by molar-refractivity contribution is 6.26. The number of halogens is 1. The van der Waals surface area contributed by atoms with Gasteiger partial charge in [0.25, 0.3) is 5.91 Å². The van der Waals surface area contributed by atoms with Gasteiger partial charge >= 0.3 is 0 Å². The van der Waals surface area contributed by atoms with Gasteiger partial charge in [-0.2, -0.15) is 0 Å². The van der Waals surface area contributed by atoms with Crippen molar-refractivity contribution in [2.75, 3.05) is 56.2 Å². The predicted molar refractivity (Wildman–Crippen MR) is 107 cm³/mol. The molecule has 1 N–H and O–H groups in total. The van der Waals surface area contributed by atoms with Crippen LogP contribution in [0.4, 0.5) is 11.4 Å². The Labute approximate surface area is 164 Å². The normalized spacial score (nSPS) is 24.6. The molecule has 3 aliphatic rings. The number of rotatable bonds is 4. The van der Waals surface area contributed by atoms with E-state index in [9.17, 15) is 4.79 Å². The summed E-state index contributed by atoms with van der Waals surface area (Å²) in [5.74, 6) is 1.34. The Morgan fingerprint density at radius 1 is 1.26 bits per heavy atom. The van der Waals surface area contributed by atoms with E-state index in [1.54, 1.807) is 12.0 Å². The number of nitrogens with zero attached hydrogens (tertiary/aromatic N) is 2. The van der Waals surface area contributed by atoms with Gasteiger partial charge in [0.05, 0.1) is 23.4 Å². The van der Waals surface area contributed by atoms with Crippen molar-refractivity contribution in [2.45, 2.75) is 11.3 Å². The van der Waals surface area contributed by atoms with Crippen LogP contribution in [0, 0.1) is 0 Å². The lowest BCUT2D eigenvalue weighted by atomic mass is 9.98. The van der Waals surface area contributed by atoms with Gasteiger partial charge in [-0.15, -0.1) is 11.6 Å². The largest absolute Gasteiger partial charge is 0.497 e. The van der Waals surface area contributed by atoms with Crippen LogP contribution >= 0.6 is 11.6 Å². The average Bonchev–Trinajstić information content (AvgIpc) is 2.70. The molecule has 2 aliphatic heterocycles. The van der Waals surface area contributed by atoms with Gasteiger partial charge in [-0.05, 0) is 6.42 Å². The molecule has 4 rings (SSSR count). The van der Waals surface area contributed by atoms with Gasteiger partial charge in [-0.1, -0.05) is 24.3 Å². The highest BCUT2D eigenvalue weighted by Gasteiger charge is 2.36. The van der Waals surface area contributed by atoms with Crippen molar-refractivity contribution in [1.29, 1.82) is 0 Å². The fraction of sp³-hybridized carbons (Fsp3) is 0.450. The lowest BCUT2D eigenvalue weighted by Gasteiger charge is -2.38. The molecule has 27 heavy (non-hydrogen) atoms. The highest BCUT2D eigenvalue weighted by Crippen LogP contribution is 2.45. The van der Waals surface area contributed by atoms with Crippen LogP contribution in [0.1, 0.15) is 6.42 Å². The molecular weight excluding hydrogens is 366 g/mol. The van der Waals surface area contributed by atoms with Crippen molar-refractivity contribution in [2.24, 2.45) is 0 Å². The molecule has 0 aromatic heterocycles. The summed E-state index contributed by atoms with van der Waals surface area (Å²) in [7, 11) is 1.64. The summed E-state index contributed by atoms with van der Waals surface area (Å²) in [5.41, 5.74) is 1.69. The molecule has 1 amide bonds. The van der Waals surface area contributed by atoms with Gasteiger partial charge in [-0.3, -0.25) is 4.79 Å². The average molecular weight is 390 g/mol. The summed E-state index contributed by atoms with van der Waals surface area (Å²) in [4.78, 5) is 16.1. The van der Waals surface area contributed by atoms with Crippen LogP contribution in [0.15, 0.2) is 36.4 Å². The smallest absolute Gasteiger partial charge is 0.265 e. The maximum Gasteiger partial charge on any atom is 0.265 e. The zero-order chi connectivity index (χ0) is 18.9. The topological polar surface area (TPSA) is 54.0 Å². The van der Waals surface area contributed by atoms with Crippen molar-refractivity contribution in [3.63, 3.8) is 0 Å². The van der Waals surface area contributed by atoms with E-state index in [2.05, 4.69) is 10.2 Å². The Morgan fingerprint density at radius 2 is 2.04 bits per heavy atom. The minimum absolute atomic E-state index is 0.0188. The molecule has 0 bridgehead atoms. The van der Waals surface area contributed by atoms with Crippen molar-refractivity contribution in [1.82, 2.24) is 5.32 Å². The number of hydrogen-bond donors (Lipinski definition) is 1. The molecule has 1 unspecified atom stereocenters. The number of nitrogens with one attached hydrogen (secondary N) is 1. The number of anilines is 2. The van der Waals surface area contributed by atoms with Crippen molar-refractivity contribution >= 4 is 28.9 Å². The van der Waals surface area contributed by atoms with E-state index in [4.69, 9.17) is 21.1 Å². The number of carbonyl (C=O) groups excluding carboxylic acids is 1. The van der Waals surface area contributed by atoms with Gasteiger partial charge in [0.1, 0.15) is 5.75 Å². The molecule has 7 heteroatoms. The van der Waals surface area contributed by atoms with E-state index in [1.807, 2.05) is 36.4 Å². The molecular formula is C20H24ClN3O3. The van der Waals surface area contributed by atoms with Crippen LogP contribution in [-0.4, -0.2) is 57.2 Å². The molecule has 1 aromatic carbocycles. The Balaban J connectivity index is 1.73. The fourth-order valence-electron chi connectivity index (χ4n) is 3.72. The molecule has 0 spiro atoms. The molecule has 0 saturated carbocycles. The third-order valence-corrected chi connectivity index (χ3v) is 5.57. The van der Waals surface area contributed by atoms with E-state index in [0.717, 1.165) is 43.3 Å². The number of allylic oxidation sites excluding steroid dienone is 3. The predicted octanol–water partition coefficient (Wildman–Crippen LogP) is 2.32. The zero-order valence-corrected chi connectivity index (χ0v) is 16.2. The standard InChI is InChI=1S/C20H24ClN3O3/c1-26-15-11-16(23-9-7-22-8-10-23)19-17(12-15)24(18(25)13-27-19)14-20(21)5-3-2-4-6-20/h2-5,11-12,22H,6-10,13-14H2,1H3. The van der Waals surface area contributed by atoms with Crippen LogP contribution in [0.5, 0.6) is 11.5 Å². The molecule has 1 aliphatic carbocycles. The SMILES string of the molecule is COc1cc(N2CCNCC2)c2c(c1)N(CC1(Cl)C=CC=CC1)C(=O)CO2. The Kier molecular flexibility index (Phi) is 5.02. The number of fused-ring (bicyclic) bond motifs is 1. The summed E-state index contributed by atoms with van der Waals surface area (Å²) < 4.78 is 11.4. The highest BCUT2D eigenvalue weighted by atomic mass is 35.5. The number of benzene rings is 1. The van der Waals surface area contributed by atoms with Crippen LogP contribution in [0.2, 0.25) is 0 Å². The van der Waals surface area contributed by atoms with E-state index in [0.29, 0.717) is 18.7 Å². The fourth-order valence-corrected chi connectivity index (χ4v) is 4.00. The summed E-state index contributed by atoms with van der Waals surface area (Å²) in [5, 5.41) is 3.36. The van der Waals surface area contributed by atoms with Gasteiger partial charge in [0, 0.05) is 44.9 Å². The first-order valence-corrected chi connectivity index (χ1v) is 9.62. The second kappa shape index (κ2) is 7.44. The van der Waals surface area contributed by atoms with Crippen LogP contribution in [0.25, 0.3) is 0 Å². The van der Waals surface area contributed by atoms with Gasteiger partial charge in [-0.25, -0.2) is 0 Å². The number of carbonyl (C=O) groups is 1. The lowest BCUT2D eigenvalue weighted by Crippen LogP contribution is -2.47. The molecule has 1 fully saturated rings. The zero-order valence-electron chi connectivity index (χ0n) is 15.4. The molecule has 6 nitrogen and oxygen atoms in total. The number of ether oxygens (including phenoxy) is 2. The van der Waals surface area contributed by atoms with Gasteiger partial charge in [0.2, 0.25) is 0 Å². The monoisotopic (exact) mass is 389 g/mol. The van der Waals surface area contributed by atoms with E-state index < -0.39 is 4.87 Å². The number of methoxy groups -OCH3 is 1. The Morgan fingerprint density at radius 3 is 2.74 bits per heavy atom. The van der Waals surface area contributed by atoms with E-state index in [1.165, 1.54) is 0 Å². The third kappa shape index (κ3) is 3.64. The first-order valence-electron chi connectivity index (χ1n) is 9.24. The van der Waals surface area contributed by atoms with Gasteiger partial charge < -0.3 is 24.6 Å². The number of amides is 1. The maximum absolute atomic E-state index is 12.7. The van der Waals surface area contributed by atoms with Crippen LogP contribution < -0.4 is 24.6 Å². The third-order valence-electron chi connectivity index (χ3n) is 5.17. The molecule has 144 valence electrons. The number of alkyl halides is 1. The minimum atomic E-state index is -0.614. The minimum Gasteiger partial charge on any atom is -0.497 e. The first kappa shape index (κ1) is 18.2. The summed E-state index contributed by atoms with van der Waals surface area (Å²) >= 11 is 6.78. The molecule has 1 saturated heterocycles. The van der Waals surface area contributed by atoms with Crippen LogP contribution in [0.3, 0.4) is 0 Å². The molecule has 1 aromatic rings. The van der Waals surface area contributed by atoms with Crippen LogP contribution in [-0.2, 0) is 4.79 Å². The van der Waals surface area contributed by atoms with E-state index >= 15 is 0 Å². The lowest BCUT2D eigenvalue weighted by molar-refractivity contribution is -0.121. The summed E-state index contributed by atoms with van der Waals surface area (Å²) in [6.07, 6.45) is 8.56. The van der Waals surface area contributed by atoms with Crippen molar-refractivity contribution < 1.29 is 14.3 Å². The Bertz CT molecular complexity index is 789. The van der Waals surface area contributed by atoms with Gasteiger partial charge in [0.15, 0.2) is 12.4 Å². The second-order valence-electron chi connectivity index (χ2n) is 7.03. The second-order valence-corrected chi connectivity index (χ2v) is 7.78. The summed E-state index contributed by atoms with van der Waals surface area (Å²) in [6, 6.07) is 3.85. The Hall–Kier alpha value is -2.18.